The molecule has 3 aromatic rings. The predicted molar refractivity (Wildman–Crippen MR) is 115 cm³/mol. The van der Waals surface area contributed by atoms with E-state index in [4.69, 9.17) is 4.99 Å². The van der Waals surface area contributed by atoms with Gasteiger partial charge in [-0.15, -0.1) is 0 Å². The third-order valence-corrected chi connectivity index (χ3v) is 7.16. The number of fused-ring (bicyclic) bond motifs is 3. The summed E-state index contributed by atoms with van der Waals surface area (Å²) in [4.78, 5) is 17.4. The Labute approximate surface area is 166 Å². The van der Waals surface area contributed by atoms with Crippen molar-refractivity contribution in [3.8, 4) is 11.1 Å². The maximum Gasteiger partial charge on any atom is 0.221 e. The summed E-state index contributed by atoms with van der Waals surface area (Å²) < 4.78 is 1.03. The molecule has 1 aliphatic heterocycles. The summed E-state index contributed by atoms with van der Waals surface area (Å²) in [5.41, 5.74) is 6.38. The molecule has 0 aliphatic carbocycles. The SMILES string of the molecule is CC(=O)Nc1ccc(N=c2ssc3c2-c2ccc(C)cc2NC3(C)C)cc1. The average molecular weight is 396 g/mol. The molecule has 0 unspecified atom stereocenters. The highest BCUT2D eigenvalue weighted by Crippen LogP contribution is 2.45. The molecule has 27 heavy (non-hydrogen) atoms. The quantitative estimate of drug-likeness (QED) is 0.552. The molecule has 1 aromatic heterocycles. The van der Waals surface area contributed by atoms with E-state index in [-0.39, 0.29) is 11.4 Å². The number of aryl methyl sites for hydroxylation is 1. The fourth-order valence-electron chi connectivity index (χ4n) is 3.30. The van der Waals surface area contributed by atoms with Crippen LogP contribution < -0.4 is 15.3 Å². The van der Waals surface area contributed by atoms with Crippen LogP contribution in [0.1, 0.15) is 31.2 Å². The third-order valence-electron chi connectivity index (χ3n) is 4.52. The molecule has 2 aromatic carbocycles. The van der Waals surface area contributed by atoms with Crippen LogP contribution in [-0.4, -0.2) is 5.91 Å². The second kappa shape index (κ2) is 6.62. The highest BCUT2D eigenvalue weighted by molar-refractivity contribution is 7.68. The molecule has 6 heteroatoms. The van der Waals surface area contributed by atoms with E-state index in [1.807, 2.05) is 24.3 Å². The molecule has 4 nitrogen and oxygen atoms in total. The summed E-state index contributed by atoms with van der Waals surface area (Å²) in [6, 6.07) is 14.2. The lowest BCUT2D eigenvalue weighted by molar-refractivity contribution is -0.114. The van der Waals surface area contributed by atoms with Gasteiger partial charge in [0, 0.05) is 29.4 Å². The van der Waals surface area contributed by atoms with Crippen molar-refractivity contribution in [2.75, 3.05) is 10.6 Å². The van der Waals surface area contributed by atoms with Crippen LogP contribution in [0.4, 0.5) is 17.1 Å². The topological polar surface area (TPSA) is 53.5 Å². The van der Waals surface area contributed by atoms with E-state index < -0.39 is 0 Å². The molecule has 0 fully saturated rings. The van der Waals surface area contributed by atoms with Crippen LogP contribution in [0.25, 0.3) is 11.1 Å². The Balaban J connectivity index is 1.83. The average Bonchev–Trinajstić information content (AvgIpc) is 3.00. The van der Waals surface area contributed by atoms with Crippen LogP contribution in [0.2, 0.25) is 0 Å². The third kappa shape index (κ3) is 3.42. The molecule has 2 N–H and O–H groups in total. The van der Waals surface area contributed by atoms with Gasteiger partial charge in [0.2, 0.25) is 5.91 Å². The molecule has 0 saturated heterocycles. The molecule has 1 amide bonds. The van der Waals surface area contributed by atoms with Crippen LogP contribution in [-0.2, 0) is 10.3 Å². The Morgan fingerprint density at radius 3 is 2.56 bits per heavy atom. The minimum atomic E-state index is -0.125. The molecule has 0 spiro atoms. The van der Waals surface area contributed by atoms with Gasteiger partial charge >= 0.3 is 0 Å². The predicted octanol–water partition coefficient (Wildman–Crippen LogP) is 5.64. The summed E-state index contributed by atoms with van der Waals surface area (Å²) in [5, 5.41) is 6.46. The summed E-state index contributed by atoms with van der Waals surface area (Å²) in [5.74, 6) is -0.0737. The van der Waals surface area contributed by atoms with Crippen LogP contribution in [0.3, 0.4) is 0 Å². The fourth-order valence-corrected chi connectivity index (χ4v) is 6.24. The zero-order valence-electron chi connectivity index (χ0n) is 15.7. The van der Waals surface area contributed by atoms with Crippen LogP contribution in [0.5, 0.6) is 0 Å². The number of benzene rings is 2. The van der Waals surface area contributed by atoms with E-state index in [0.717, 1.165) is 21.7 Å². The van der Waals surface area contributed by atoms with Gasteiger partial charge in [-0.1, -0.05) is 32.8 Å². The number of carbonyl (C=O) groups excluding carboxylic acids is 1. The molecular formula is C21H21N3OS2. The van der Waals surface area contributed by atoms with Crippen molar-refractivity contribution in [3.05, 3.63) is 57.6 Å². The van der Waals surface area contributed by atoms with Crippen LogP contribution >= 0.6 is 20.7 Å². The largest absolute Gasteiger partial charge is 0.375 e. The number of carbonyl (C=O) groups is 1. The number of nitrogens with one attached hydrogen (secondary N) is 2. The fraction of sp³-hybridized carbons (Fsp3) is 0.238. The number of amides is 1. The zero-order chi connectivity index (χ0) is 19.2. The van der Waals surface area contributed by atoms with Gasteiger partial charge in [-0.05, 0) is 56.7 Å². The number of anilines is 2. The first kappa shape index (κ1) is 17.9. The molecule has 0 bridgehead atoms. The van der Waals surface area contributed by atoms with Gasteiger partial charge in [-0.2, -0.15) is 0 Å². The minimum absolute atomic E-state index is 0.0737. The van der Waals surface area contributed by atoms with E-state index >= 15 is 0 Å². The number of nitrogens with zero attached hydrogens (tertiary/aromatic N) is 1. The number of hydrogen-bond donors (Lipinski definition) is 2. The van der Waals surface area contributed by atoms with Crippen molar-refractivity contribution < 1.29 is 4.79 Å². The van der Waals surface area contributed by atoms with Crippen molar-refractivity contribution in [3.63, 3.8) is 0 Å². The van der Waals surface area contributed by atoms with Gasteiger partial charge in [0.25, 0.3) is 0 Å². The Kier molecular flexibility index (Phi) is 4.40. The van der Waals surface area contributed by atoms with Gasteiger partial charge in [0.1, 0.15) is 4.67 Å². The summed E-state index contributed by atoms with van der Waals surface area (Å²) in [6.45, 7) is 8.05. The van der Waals surface area contributed by atoms with Crippen LogP contribution in [0.15, 0.2) is 47.5 Å². The Morgan fingerprint density at radius 1 is 1.11 bits per heavy atom. The molecule has 0 saturated carbocycles. The molecule has 2 heterocycles. The lowest BCUT2D eigenvalue weighted by Gasteiger charge is -2.33. The van der Waals surface area contributed by atoms with Crippen molar-refractivity contribution in [1.82, 2.24) is 0 Å². The first-order chi connectivity index (χ1) is 12.8. The van der Waals surface area contributed by atoms with Crippen molar-refractivity contribution in [2.45, 2.75) is 33.2 Å². The monoisotopic (exact) mass is 395 g/mol. The van der Waals surface area contributed by atoms with E-state index in [1.54, 1.807) is 20.7 Å². The number of hydrogen-bond acceptors (Lipinski definition) is 5. The summed E-state index contributed by atoms with van der Waals surface area (Å²) in [6.07, 6.45) is 0. The van der Waals surface area contributed by atoms with Gasteiger partial charge in [-0.25, -0.2) is 4.99 Å². The Hall–Kier alpha value is -2.44. The summed E-state index contributed by atoms with van der Waals surface area (Å²) in [7, 11) is 3.50. The maximum absolute atomic E-state index is 11.2. The van der Waals surface area contributed by atoms with E-state index in [1.165, 1.54) is 28.5 Å². The minimum Gasteiger partial charge on any atom is -0.375 e. The van der Waals surface area contributed by atoms with E-state index in [2.05, 4.69) is 49.6 Å². The molecule has 138 valence electrons. The number of rotatable bonds is 2. The molecule has 0 radical (unpaired) electrons. The van der Waals surface area contributed by atoms with Gasteiger partial charge in [-0.3, -0.25) is 4.79 Å². The summed E-state index contributed by atoms with van der Waals surface area (Å²) >= 11 is 0. The van der Waals surface area contributed by atoms with Crippen molar-refractivity contribution in [1.29, 1.82) is 0 Å². The van der Waals surface area contributed by atoms with Crippen LogP contribution in [0, 0.1) is 6.92 Å². The Bertz CT molecular complexity index is 1090. The van der Waals surface area contributed by atoms with Crippen molar-refractivity contribution in [2.24, 2.45) is 4.99 Å². The molecule has 4 rings (SSSR count). The highest BCUT2D eigenvalue weighted by Gasteiger charge is 2.33. The second-order valence-electron chi connectivity index (χ2n) is 7.31. The first-order valence-corrected chi connectivity index (χ1v) is 10.9. The van der Waals surface area contributed by atoms with E-state index in [0.29, 0.717) is 0 Å². The van der Waals surface area contributed by atoms with Gasteiger partial charge in [0.15, 0.2) is 0 Å². The smallest absolute Gasteiger partial charge is 0.221 e. The normalized spacial score (nSPS) is 14.9. The molecular weight excluding hydrogens is 374 g/mol. The zero-order valence-corrected chi connectivity index (χ0v) is 17.3. The molecule has 1 aliphatic rings. The first-order valence-electron chi connectivity index (χ1n) is 8.79. The molecule has 0 atom stereocenters. The lowest BCUT2D eigenvalue weighted by Crippen LogP contribution is -2.31. The highest BCUT2D eigenvalue weighted by atomic mass is 32.9. The lowest BCUT2D eigenvalue weighted by atomic mass is 9.89. The van der Waals surface area contributed by atoms with E-state index in [9.17, 15) is 4.79 Å². The van der Waals surface area contributed by atoms with Gasteiger partial charge < -0.3 is 10.6 Å². The second-order valence-corrected chi connectivity index (χ2v) is 9.44. The maximum atomic E-state index is 11.2. The Morgan fingerprint density at radius 2 is 1.85 bits per heavy atom. The standard InChI is InChI=1S/C21H21N3OS2/c1-12-5-10-16-17(11-12)24-21(3,4)19-18(16)20(27-26-19)23-15-8-6-14(7-9-15)22-13(2)25/h5-11,24H,1-4H3,(H,22,25). The van der Waals surface area contributed by atoms with Gasteiger partial charge in [0.05, 0.1) is 16.1 Å². The van der Waals surface area contributed by atoms with Crippen molar-refractivity contribution >= 4 is 43.7 Å².